The number of benzene rings is 1. The van der Waals surface area contributed by atoms with Gasteiger partial charge in [0.2, 0.25) is 5.91 Å². The molecule has 17 heavy (non-hydrogen) atoms. The van der Waals surface area contributed by atoms with Crippen LogP contribution in [0, 0.1) is 0 Å². The Kier molecular flexibility index (Phi) is 2.99. The molecule has 1 aliphatic rings. The summed E-state index contributed by atoms with van der Waals surface area (Å²) in [6, 6.07) is 9.02. The average Bonchev–Trinajstić information content (AvgIpc) is 2.33. The summed E-state index contributed by atoms with van der Waals surface area (Å²) in [5.41, 5.74) is 3.63. The Morgan fingerprint density at radius 2 is 2.00 bits per heavy atom. The molecule has 1 aromatic rings. The second-order valence-electron chi connectivity index (χ2n) is 4.05. The van der Waals surface area contributed by atoms with Crippen molar-refractivity contribution in [3.8, 4) is 0 Å². The second kappa shape index (κ2) is 4.45. The summed E-state index contributed by atoms with van der Waals surface area (Å²) < 4.78 is 0. The summed E-state index contributed by atoms with van der Waals surface area (Å²) in [5.74, 6) is -0.274. The molecule has 0 unspecified atom stereocenters. The van der Waals surface area contributed by atoms with Gasteiger partial charge in [0.25, 0.3) is 5.91 Å². The first-order valence-electron chi connectivity index (χ1n) is 5.50. The summed E-state index contributed by atoms with van der Waals surface area (Å²) in [5, 5.41) is 1.67. The zero-order chi connectivity index (χ0) is 12.4. The number of carbonyl (C=O) groups excluding carboxylic acids is 2. The smallest absolute Gasteiger partial charge is 0.261 e. The van der Waals surface area contributed by atoms with Crippen LogP contribution in [-0.4, -0.2) is 29.4 Å². The zero-order valence-electron chi connectivity index (χ0n) is 9.88. The zero-order valence-corrected chi connectivity index (χ0v) is 9.88. The van der Waals surface area contributed by atoms with Gasteiger partial charge in [0.1, 0.15) is 12.7 Å². The van der Waals surface area contributed by atoms with Crippen molar-refractivity contribution in [3.63, 3.8) is 0 Å². The monoisotopic (exact) mass is 233 g/mol. The Hall–Kier alpha value is -2.04. The molecular formula is C12H15N3O2. The van der Waals surface area contributed by atoms with Gasteiger partial charge in [0.15, 0.2) is 0 Å². The number of hydrazine groups is 1. The van der Waals surface area contributed by atoms with Gasteiger partial charge in [0, 0.05) is 6.92 Å². The van der Waals surface area contributed by atoms with Crippen LogP contribution < -0.4 is 10.4 Å². The van der Waals surface area contributed by atoms with E-state index in [1.165, 1.54) is 11.8 Å². The van der Waals surface area contributed by atoms with Crippen molar-refractivity contribution < 1.29 is 9.59 Å². The minimum Gasteiger partial charge on any atom is -0.312 e. The summed E-state index contributed by atoms with van der Waals surface area (Å²) >= 11 is 0. The predicted octanol–water partition coefficient (Wildman–Crippen LogP) is 0.732. The lowest BCUT2D eigenvalue weighted by molar-refractivity contribution is -0.141. The van der Waals surface area contributed by atoms with Gasteiger partial charge in [-0.2, -0.15) is 0 Å². The third-order valence-corrected chi connectivity index (χ3v) is 2.86. The van der Waals surface area contributed by atoms with Crippen molar-refractivity contribution >= 4 is 17.5 Å². The Morgan fingerprint density at radius 3 is 2.59 bits per heavy atom. The quantitative estimate of drug-likeness (QED) is 0.778. The third-order valence-electron chi connectivity index (χ3n) is 2.86. The minimum absolute atomic E-state index is 0.103. The van der Waals surface area contributed by atoms with Crippen LogP contribution in [-0.2, 0) is 9.59 Å². The summed E-state index contributed by atoms with van der Waals surface area (Å²) in [4.78, 5) is 24.7. The SMILES string of the molecule is CC(=O)N1CN(c2ccccc2)NC(=O)[C@@H]1C. The van der Waals surface area contributed by atoms with Crippen LogP contribution in [0.25, 0.3) is 0 Å². The van der Waals surface area contributed by atoms with Crippen LogP contribution in [0.1, 0.15) is 13.8 Å². The number of nitrogens with zero attached hydrogens (tertiary/aromatic N) is 2. The van der Waals surface area contributed by atoms with Crippen LogP contribution in [0.2, 0.25) is 0 Å². The molecule has 1 heterocycles. The van der Waals surface area contributed by atoms with Gasteiger partial charge < -0.3 is 4.90 Å². The van der Waals surface area contributed by atoms with Gasteiger partial charge in [-0.1, -0.05) is 18.2 Å². The fraction of sp³-hybridized carbons (Fsp3) is 0.333. The van der Waals surface area contributed by atoms with E-state index in [1.54, 1.807) is 11.9 Å². The minimum atomic E-state index is -0.424. The van der Waals surface area contributed by atoms with E-state index in [0.717, 1.165) is 5.69 Å². The van der Waals surface area contributed by atoms with E-state index in [9.17, 15) is 9.59 Å². The van der Waals surface area contributed by atoms with Crippen molar-refractivity contribution in [2.75, 3.05) is 11.7 Å². The molecule has 2 rings (SSSR count). The van der Waals surface area contributed by atoms with E-state index >= 15 is 0 Å². The molecule has 0 aromatic heterocycles. The molecule has 2 amide bonds. The summed E-state index contributed by atoms with van der Waals surface area (Å²) in [6.45, 7) is 3.56. The standard InChI is InChI=1S/C12H15N3O2/c1-9-12(17)13-15(8-14(9)10(2)16)11-6-4-3-5-7-11/h3-7,9H,8H2,1-2H3,(H,13,17)/t9-/m0/s1. The number of anilines is 1. The Bertz CT molecular complexity index is 433. The molecule has 5 heteroatoms. The van der Waals surface area contributed by atoms with E-state index in [2.05, 4.69) is 5.43 Å². The van der Waals surface area contributed by atoms with E-state index in [0.29, 0.717) is 6.67 Å². The Morgan fingerprint density at radius 1 is 1.35 bits per heavy atom. The van der Waals surface area contributed by atoms with E-state index in [-0.39, 0.29) is 11.8 Å². The normalized spacial score (nSPS) is 20.1. The molecule has 90 valence electrons. The lowest BCUT2D eigenvalue weighted by Crippen LogP contribution is -2.63. The summed E-state index contributed by atoms with van der Waals surface area (Å²) in [6.07, 6.45) is 0. The van der Waals surface area contributed by atoms with Gasteiger partial charge in [0.05, 0.1) is 5.69 Å². The van der Waals surface area contributed by atoms with Gasteiger partial charge in [-0.05, 0) is 19.1 Å². The highest BCUT2D eigenvalue weighted by molar-refractivity contribution is 5.89. The van der Waals surface area contributed by atoms with Crippen LogP contribution in [0.5, 0.6) is 0 Å². The number of para-hydroxylation sites is 1. The molecule has 1 atom stereocenters. The largest absolute Gasteiger partial charge is 0.312 e. The molecule has 1 fully saturated rings. The van der Waals surface area contributed by atoms with Crippen LogP contribution >= 0.6 is 0 Å². The molecule has 0 spiro atoms. The van der Waals surface area contributed by atoms with Gasteiger partial charge in [-0.3, -0.25) is 20.0 Å². The highest BCUT2D eigenvalue weighted by atomic mass is 16.2. The topological polar surface area (TPSA) is 52.7 Å². The average molecular weight is 233 g/mol. The Labute approximate surface area is 100.0 Å². The molecule has 0 saturated carbocycles. The van der Waals surface area contributed by atoms with Crippen molar-refractivity contribution in [2.24, 2.45) is 0 Å². The number of carbonyl (C=O) groups is 2. The molecule has 1 aliphatic heterocycles. The van der Waals surface area contributed by atoms with Crippen molar-refractivity contribution in [1.29, 1.82) is 0 Å². The first kappa shape index (κ1) is 11.4. The second-order valence-corrected chi connectivity index (χ2v) is 4.05. The van der Waals surface area contributed by atoms with E-state index in [4.69, 9.17) is 0 Å². The maximum Gasteiger partial charge on any atom is 0.261 e. The van der Waals surface area contributed by atoms with Gasteiger partial charge in [-0.25, -0.2) is 0 Å². The fourth-order valence-electron chi connectivity index (χ4n) is 1.80. The molecule has 0 radical (unpaired) electrons. The predicted molar refractivity (Wildman–Crippen MR) is 63.9 cm³/mol. The molecule has 0 aliphatic carbocycles. The first-order valence-corrected chi connectivity index (χ1v) is 5.50. The van der Waals surface area contributed by atoms with Crippen LogP contribution in [0.3, 0.4) is 0 Å². The van der Waals surface area contributed by atoms with Crippen molar-refractivity contribution in [2.45, 2.75) is 19.9 Å². The highest BCUT2D eigenvalue weighted by Gasteiger charge is 2.31. The molecule has 1 aromatic carbocycles. The van der Waals surface area contributed by atoms with E-state index < -0.39 is 6.04 Å². The maximum atomic E-state index is 11.7. The molecule has 5 nitrogen and oxygen atoms in total. The molecule has 1 saturated heterocycles. The maximum absolute atomic E-state index is 11.7. The van der Waals surface area contributed by atoms with E-state index in [1.807, 2.05) is 30.3 Å². The molecule has 0 bridgehead atoms. The fourth-order valence-corrected chi connectivity index (χ4v) is 1.80. The number of amides is 2. The van der Waals surface area contributed by atoms with Crippen molar-refractivity contribution in [1.82, 2.24) is 10.3 Å². The number of hydrogen-bond donors (Lipinski definition) is 1. The number of rotatable bonds is 1. The Balaban J connectivity index is 2.22. The lowest BCUT2D eigenvalue weighted by Gasteiger charge is -2.40. The number of hydrogen-bond acceptors (Lipinski definition) is 3. The van der Waals surface area contributed by atoms with Gasteiger partial charge in [-0.15, -0.1) is 0 Å². The lowest BCUT2D eigenvalue weighted by atomic mass is 10.2. The van der Waals surface area contributed by atoms with Crippen LogP contribution in [0.15, 0.2) is 30.3 Å². The molecular weight excluding hydrogens is 218 g/mol. The van der Waals surface area contributed by atoms with Crippen molar-refractivity contribution in [3.05, 3.63) is 30.3 Å². The third kappa shape index (κ3) is 2.22. The summed E-state index contributed by atoms with van der Waals surface area (Å²) in [7, 11) is 0. The highest BCUT2D eigenvalue weighted by Crippen LogP contribution is 2.16. The van der Waals surface area contributed by atoms with Gasteiger partial charge >= 0.3 is 0 Å². The van der Waals surface area contributed by atoms with Crippen LogP contribution in [0.4, 0.5) is 5.69 Å². The number of nitrogens with one attached hydrogen (secondary N) is 1. The first-order chi connectivity index (χ1) is 8.09. The molecule has 1 N–H and O–H groups in total.